The Morgan fingerprint density at radius 2 is 1.85 bits per heavy atom. The number of nitrogens with one attached hydrogen (secondary N) is 2. The highest BCUT2D eigenvalue weighted by Crippen LogP contribution is 2.32. The molecular weight excluding hydrogens is 345 g/mol. The van der Waals surface area contributed by atoms with Crippen LogP contribution in [-0.4, -0.2) is 18.4 Å². The van der Waals surface area contributed by atoms with Crippen LogP contribution in [0.4, 0.5) is 15.8 Å². The first-order valence-electron chi connectivity index (χ1n) is 9.21. The molecule has 1 aliphatic carbocycles. The van der Waals surface area contributed by atoms with E-state index in [0.717, 1.165) is 24.8 Å². The van der Waals surface area contributed by atoms with Crippen LogP contribution in [0, 0.1) is 17.7 Å². The van der Waals surface area contributed by atoms with Gasteiger partial charge in [0.05, 0.1) is 12.1 Å². The molecule has 0 heterocycles. The molecule has 0 aliphatic heterocycles. The molecule has 0 spiro atoms. The van der Waals surface area contributed by atoms with E-state index in [-0.39, 0.29) is 35.8 Å². The van der Waals surface area contributed by atoms with Gasteiger partial charge in [-0.05, 0) is 49.1 Å². The van der Waals surface area contributed by atoms with Gasteiger partial charge in [-0.2, -0.15) is 0 Å². The van der Waals surface area contributed by atoms with E-state index < -0.39 is 5.82 Å². The molecule has 2 aromatic rings. The minimum atomic E-state index is -0.546. The number of amides is 2. The molecule has 2 amide bonds. The summed E-state index contributed by atoms with van der Waals surface area (Å²) in [5, 5.41) is 5.40. The molecule has 3 rings (SSSR count). The van der Waals surface area contributed by atoms with Crippen LogP contribution in [0.15, 0.2) is 48.5 Å². The molecule has 4 N–H and O–H groups in total. The van der Waals surface area contributed by atoms with Gasteiger partial charge in [-0.3, -0.25) is 9.59 Å². The van der Waals surface area contributed by atoms with E-state index in [2.05, 4.69) is 10.6 Å². The summed E-state index contributed by atoms with van der Waals surface area (Å²) in [6.45, 7) is 0.488. The van der Waals surface area contributed by atoms with Crippen molar-refractivity contribution < 1.29 is 14.0 Å². The first-order chi connectivity index (χ1) is 13.1. The Bertz CT molecular complexity index is 810. The number of halogens is 1. The lowest BCUT2D eigenvalue weighted by atomic mass is 9.95. The first-order valence-corrected chi connectivity index (χ1v) is 9.21. The summed E-state index contributed by atoms with van der Waals surface area (Å²) in [4.78, 5) is 24.7. The molecule has 0 unspecified atom stereocenters. The van der Waals surface area contributed by atoms with Crippen LogP contribution in [0.5, 0.6) is 0 Å². The van der Waals surface area contributed by atoms with Gasteiger partial charge in [0.1, 0.15) is 5.82 Å². The van der Waals surface area contributed by atoms with Crippen molar-refractivity contribution >= 4 is 23.2 Å². The number of rotatable bonds is 6. The fourth-order valence-electron chi connectivity index (χ4n) is 3.57. The van der Waals surface area contributed by atoms with Crippen LogP contribution < -0.4 is 16.4 Å². The van der Waals surface area contributed by atoms with Gasteiger partial charge in [0.25, 0.3) is 0 Å². The second-order valence-electron chi connectivity index (χ2n) is 6.93. The Hall–Kier alpha value is -2.73. The molecule has 0 radical (unpaired) electrons. The molecule has 2 atom stereocenters. The van der Waals surface area contributed by atoms with Crippen molar-refractivity contribution in [3.8, 4) is 0 Å². The van der Waals surface area contributed by atoms with Gasteiger partial charge in [0, 0.05) is 11.6 Å². The van der Waals surface area contributed by atoms with Gasteiger partial charge in [-0.25, -0.2) is 4.39 Å². The Balaban J connectivity index is 1.65. The van der Waals surface area contributed by atoms with E-state index >= 15 is 0 Å². The van der Waals surface area contributed by atoms with E-state index in [4.69, 9.17) is 5.73 Å². The van der Waals surface area contributed by atoms with Crippen molar-refractivity contribution in [3.63, 3.8) is 0 Å². The highest BCUT2D eigenvalue weighted by atomic mass is 19.1. The molecule has 1 aliphatic rings. The van der Waals surface area contributed by atoms with Crippen LogP contribution >= 0.6 is 0 Å². The standard InChI is InChI=1S/C21H24FN3O2/c22-18-10-9-16(24-21(27)17-8-4-7-15(17)13-23)12-19(18)25-20(26)11-14-5-2-1-3-6-14/h1-3,5-6,9-10,12,15,17H,4,7-8,11,13,23H2,(H,24,27)(H,25,26)/t15-,17-/m1/s1. The summed E-state index contributed by atoms with van der Waals surface area (Å²) in [6.07, 6.45) is 2.91. The summed E-state index contributed by atoms with van der Waals surface area (Å²) in [6, 6.07) is 13.4. The Labute approximate surface area is 158 Å². The van der Waals surface area contributed by atoms with Crippen LogP contribution in [0.2, 0.25) is 0 Å². The molecule has 5 nitrogen and oxygen atoms in total. The number of anilines is 2. The largest absolute Gasteiger partial charge is 0.330 e. The smallest absolute Gasteiger partial charge is 0.228 e. The summed E-state index contributed by atoms with van der Waals surface area (Å²) < 4.78 is 14.1. The summed E-state index contributed by atoms with van der Waals surface area (Å²) in [5.41, 5.74) is 7.09. The molecule has 1 saturated carbocycles. The van der Waals surface area contributed by atoms with Crippen LogP contribution in [0.25, 0.3) is 0 Å². The van der Waals surface area contributed by atoms with E-state index in [1.165, 1.54) is 18.2 Å². The third-order valence-corrected chi connectivity index (χ3v) is 5.01. The maximum absolute atomic E-state index is 14.1. The van der Waals surface area contributed by atoms with Gasteiger partial charge >= 0.3 is 0 Å². The van der Waals surface area contributed by atoms with Crippen LogP contribution in [0.1, 0.15) is 24.8 Å². The lowest BCUT2D eigenvalue weighted by molar-refractivity contribution is -0.120. The Morgan fingerprint density at radius 3 is 2.59 bits per heavy atom. The predicted molar refractivity (Wildman–Crippen MR) is 104 cm³/mol. The van der Waals surface area contributed by atoms with E-state index in [0.29, 0.717) is 12.2 Å². The SMILES string of the molecule is NC[C@H]1CCC[C@H]1C(=O)Nc1ccc(F)c(NC(=O)Cc2ccccc2)c1. The van der Waals surface area contributed by atoms with Crippen molar-refractivity contribution in [2.24, 2.45) is 17.6 Å². The number of nitrogens with two attached hydrogens (primary N) is 1. The maximum Gasteiger partial charge on any atom is 0.228 e. The van der Waals surface area contributed by atoms with Crippen molar-refractivity contribution in [1.29, 1.82) is 0 Å². The average molecular weight is 369 g/mol. The number of benzene rings is 2. The minimum Gasteiger partial charge on any atom is -0.330 e. The quantitative estimate of drug-likeness (QED) is 0.730. The number of hydrogen-bond acceptors (Lipinski definition) is 3. The molecule has 1 fully saturated rings. The van der Waals surface area contributed by atoms with Crippen LogP contribution in [0.3, 0.4) is 0 Å². The van der Waals surface area contributed by atoms with Crippen molar-refractivity contribution in [3.05, 3.63) is 59.9 Å². The maximum atomic E-state index is 14.1. The second kappa shape index (κ2) is 8.77. The highest BCUT2D eigenvalue weighted by molar-refractivity contribution is 5.95. The summed E-state index contributed by atoms with van der Waals surface area (Å²) >= 11 is 0. The van der Waals surface area contributed by atoms with E-state index in [9.17, 15) is 14.0 Å². The molecule has 142 valence electrons. The van der Waals surface area contributed by atoms with E-state index in [1.54, 1.807) is 0 Å². The van der Waals surface area contributed by atoms with Gasteiger partial charge < -0.3 is 16.4 Å². The zero-order chi connectivity index (χ0) is 19.2. The van der Waals surface area contributed by atoms with Gasteiger partial charge in [-0.1, -0.05) is 36.8 Å². The number of carbonyl (C=O) groups is 2. The zero-order valence-corrected chi connectivity index (χ0v) is 15.1. The lowest BCUT2D eigenvalue weighted by Gasteiger charge is -2.18. The first kappa shape index (κ1) is 19.0. The molecular formula is C21H24FN3O2. The molecule has 0 saturated heterocycles. The average Bonchev–Trinajstić information content (AvgIpc) is 3.14. The molecule has 0 bridgehead atoms. The summed E-state index contributed by atoms with van der Waals surface area (Å²) in [5.74, 6) is -0.888. The van der Waals surface area contributed by atoms with Crippen molar-refractivity contribution in [1.82, 2.24) is 0 Å². The number of hydrogen-bond donors (Lipinski definition) is 3. The predicted octanol–water partition coefficient (Wildman–Crippen LogP) is 3.32. The monoisotopic (exact) mass is 369 g/mol. The number of carbonyl (C=O) groups excluding carboxylic acids is 2. The fourth-order valence-corrected chi connectivity index (χ4v) is 3.57. The Kier molecular flexibility index (Phi) is 6.19. The highest BCUT2D eigenvalue weighted by Gasteiger charge is 2.31. The van der Waals surface area contributed by atoms with Gasteiger partial charge in [-0.15, -0.1) is 0 Å². The normalized spacial score (nSPS) is 18.9. The fraction of sp³-hybridized carbons (Fsp3) is 0.333. The van der Waals surface area contributed by atoms with Gasteiger partial charge in [0.2, 0.25) is 11.8 Å². The molecule has 2 aromatic carbocycles. The zero-order valence-electron chi connectivity index (χ0n) is 15.1. The molecule has 6 heteroatoms. The van der Waals surface area contributed by atoms with Crippen molar-refractivity contribution in [2.75, 3.05) is 17.2 Å². The van der Waals surface area contributed by atoms with Crippen molar-refractivity contribution in [2.45, 2.75) is 25.7 Å². The van der Waals surface area contributed by atoms with Crippen LogP contribution in [-0.2, 0) is 16.0 Å². The lowest BCUT2D eigenvalue weighted by Crippen LogP contribution is -2.29. The molecule has 0 aromatic heterocycles. The Morgan fingerprint density at radius 1 is 1.07 bits per heavy atom. The minimum absolute atomic E-state index is 0.0514. The topological polar surface area (TPSA) is 84.2 Å². The van der Waals surface area contributed by atoms with E-state index in [1.807, 2.05) is 30.3 Å². The third kappa shape index (κ3) is 4.92. The second-order valence-corrected chi connectivity index (χ2v) is 6.93. The van der Waals surface area contributed by atoms with Gasteiger partial charge in [0.15, 0.2) is 0 Å². The summed E-state index contributed by atoms with van der Waals surface area (Å²) in [7, 11) is 0. The molecule has 27 heavy (non-hydrogen) atoms. The third-order valence-electron chi connectivity index (χ3n) is 5.01.